The molecule has 0 aromatic heterocycles. The van der Waals surface area contributed by atoms with Crippen molar-refractivity contribution in [3.05, 3.63) is 35.9 Å². The Morgan fingerprint density at radius 3 is 2.48 bits per heavy atom. The molecule has 0 saturated carbocycles. The molecule has 1 aliphatic heterocycles. The summed E-state index contributed by atoms with van der Waals surface area (Å²) >= 11 is 0. The van der Waals surface area contributed by atoms with Gasteiger partial charge in [0.15, 0.2) is 5.78 Å². The molecular formula is C17H23NO3. The van der Waals surface area contributed by atoms with E-state index in [4.69, 9.17) is 4.84 Å². The maximum absolute atomic E-state index is 12.5. The van der Waals surface area contributed by atoms with Crippen LogP contribution in [0.2, 0.25) is 0 Å². The summed E-state index contributed by atoms with van der Waals surface area (Å²) in [5, 5.41) is 1.64. The average Bonchev–Trinajstić information content (AvgIpc) is 2.46. The Labute approximate surface area is 126 Å². The zero-order chi connectivity index (χ0) is 15.5. The van der Waals surface area contributed by atoms with E-state index in [2.05, 4.69) is 0 Å². The van der Waals surface area contributed by atoms with E-state index in [-0.39, 0.29) is 17.7 Å². The second-order valence-electron chi connectivity index (χ2n) is 6.59. The highest BCUT2D eigenvalue weighted by Crippen LogP contribution is 2.23. The number of nitrogens with zero attached hydrogens (tertiary/aromatic N) is 1. The van der Waals surface area contributed by atoms with Crippen LogP contribution in [0.15, 0.2) is 30.3 Å². The number of carbonyl (C=O) groups is 2. The summed E-state index contributed by atoms with van der Waals surface area (Å²) in [5.41, 5.74) is 0.197. The summed E-state index contributed by atoms with van der Waals surface area (Å²) in [6.07, 6.45) is 1.71. The largest absolute Gasteiger partial charge is 0.367 e. The molecule has 4 heteroatoms. The molecule has 1 aromatic rings. The van der Waals surface area contributed by atoms with Crippen molar-refractivity contribution in [2.45, 2.75) is 33.6 Å². The molecule has 0 amide bonds. The highest BCUT2D eigenvalue weighted by molar-refractivity contribution is 5.98. The van der Waals surface area contributed by atoms with E-state index in [0.29, 0.717) is 13.1 Å². The fourth-order valence-corrected chi connectivity index (χ4v) is 2.33. The van der Waals surface area contributed by atoms with Gasteiger partial charge in [-0.2, -0.15) is 0 Å². The Hall–Kier alpha value is -1.68. The van der Waals surface area contributed by atoms with E-state index in [9.17, 15) is 9.59 Å². The molecule has 0 N–H and O–H groups in total. The van der Waals surface area contributed by atoms with E-state index in [0.717, 1.165) is 18.4 Å². The standard InChI is InChI=1S/C17H23NO3/c1-17(2,3)16(20)21-18-11-7-10-14(12-18)15(19)13-8-5-4-6-9-13/h4-6,8-9,14H,7,10-12H2,1-3H3. The molecule has 1 atom stereocenters. The summed E-state index contributed by atoms with van der Waals surface area (Å²) in [4.78, 5) is 29.8. The third-order valence-corrected chi connectivity index (χ3v) is 3.64. The van der Waals surface area contributed by atoms with Gasteiger partial charge in [0.25, 0.3) is 0 Å². The normalized spacial score (nSPS) is 20.0. The van der Waals surface area contributed by atoms with Gasteiger partial charge >= 0.3 is 5.97 Å². The van der Waals surface area contributed by atoms with Crippen LogP contribution in [0.3, 0.4) is 0 Å². The predicted octanol–water partition coefficient (Wildman–Crippen LogP) is 3.09. The lowest BCUT2D eigenvalue weighted by atomic mass is 9.91. The average molecular weight is 289 g/mol. The number of Topliss-reactive ketones (excluding diaryl/α,β-unsaturated/α-hetero) is 1. The van der Waals surface area contributed by atoms with Gasteiger partial charge in [-0.3, -0.25) is 4.79 Å². The van der Waals surface area contributed by atoms with E-state index >= 15 is 0 Å². The first-order chi connectivity index (χ1) is 9.88. The molecule has 1 aliphatic rings. The molecule has 1 fully saturated rings. The summed E-state index contributed by atoms with van der Waals surface area (Å²) < 4.78 is 0. The van der Waals surface area contributed by atoms with Gasteiger partial charge in [-0.15, -0.1) is 5.06 Å². The number of hydrogen-bond acceptors (Lipinski definition) is 4. The van der Waals surface area contributed by atoms with E-state index < -0.39 is 5.41 Å². The number of piperidine rings is 1. The highest BCUT2D eigenvalue weighted by Gasteiger charge is 2.31. The van der Waals surface area contributed by atoms with Gasteiger partial charge in [0.2, 0.25) is 0 Å². The third-order valence-electron chi connectivity index (χ3n) is 3.64. The van der Waals surface area contributed by atoms with Crippen molar-refractivity contribution in [1.29, 1.82) is 0 Å². The minimum absolute atomic E-state index is 0.103. The Bertz CT molecular complexity index is 505. The van der Waals surface area contributed by atoms with Crippen LogP contribution in [-0.2, 0) is 9.63 Å². The van der Waals surface area contributed by atoms with Crippen molar-refractivity contribution in [1.82, 2.24) is 5.06 Å². The number of hydrogen-bond donors (Lipinski definition) is 0. The monoisotopic (exact) mass is 289 g/mol. The van der Waals surface area contributed by atoms with Crippen LogP contribution in [0.5, 0.6) is 0 Å². The van der Waals surface area contributed by atoms with Gasteiger partial charge in [-0.25, -0.2) is 4.79 Å². The molecule has 1 saturated heterocycles. The lowest BCUT2D eigenvalue weighted by Crippen LogP contribution is -2.42. The van der Waals surface area contributed by atoms with Crippen LogP contribution in [0.25, 0.3) is 0 Å². The molecule has 21 heavy (non-hydrogen) atoms. The second-order valence-corrected chi connectivity index (χ2v) is 6.59. The van der Waals surface area contributed by atoms with Gasteiger partial charge < -0.3 is 4.84 Å². The van der Waals surface area contributed by atoms with E-state index in [1.165, 1.54) is 0 Å². The van der Waals surface area contributed by atoms with Crippen LogP contribution >= 0.6 is 0 Å². The Morgan fingerprint density at radius 1 is 1.19 bits per heavy atom. The van der Waals surface area contributed by atoms with Gasteiger partial charge in [-0.05, 0) is 33.6 Å². The van der Waals surface area contributed by atoms with Crippen molar-refractivity contribution < 1.29 is 14.4 Å². The Morgan fingerprint density at radius 2 is 1.86 bits per heavy atom. The summed E-state index contributed by atoms with van der Waals surface area (Å²) in [7, 11) is 0. The quantitative estimate of drug-likeness (QED) is 0.802. The zero-order valence-electron chi connectivity index (χ0n) is 13.0. The predicted molar refractivity (Wildman–Crippen MR) is 80.6 cm³/mol. The molecule has 2 rings (SSSR count). The maximum atomic E-state index is 12.5. The molecule has 0 aliphatic carbocycles. The topological polar surface area (TPSA) is 46.6 Å². The number of benzene rings is 1. The molecule has 1 unspecified atom stereocenters. The van der Waals surface area contributed by atoms with E-state index in [1.807, 2.05) is 51.1 Å². The fourth-order valence-electron chi connectivity index (χ4n) is 2.33. The molecule has 114 valence electrons. The zero-order valence-corrected chi connectivity index (χ0v) is 13.0. The van der Waals surface area contributed by atoms with E-state index in [1.54, 1.807) is 5.06 Å². The lowest BCUT2D eigenvalue weighted by Gasteiger charge is -2.32. The molecule has 1 heterocycles. The number of rotatable bonds is 3. The minimum atomic E-state index is -0.531. The molecule has 0 radical (unpaired) electrons. The fraction of sp³-hybridized carbons (Fsp3) is 0.529. The van der Waals surface area contributed by atoms with Crippen LogP contribution in [0.4, 0.5) is 0 Å². The molecule has 4 nitrogen and oxygen atoms in total. The summed E-state index contributed by atoms with van der Waals surface area (Å²) in [6.45, 7) is 6.65. The van der Waals surface area contributed by atoms with Crippen LogP contribution < -0.4 is 0 Å². The Kier molecular flexibility index (Phi) is 4.78. The van der Waals surface area contributed by atoms with Crippen molar-refractivity contribution in [3.63, 3.8) is 0 Å². The highest BCUT2D eigenvalue weighted by atomic mass is 16.7. The molecule has 0 spiro atoms. The summed E-state index contributed by atoms with van der Waals surface area (Å²) in [5.74, 6) is -0.226. The van der Waals surface area contributed by atoms with Crippen molar-refractivity contribution >= 4 is 11.8 Å². The third kappa shape index (κ3) is 4.14. The number of carbonyl (C=O) groups excluding carboxylic acids is 2. The second kappa shape index (κ2) is 6.39. The SMILES string of the molecule is CC(C)(C)C(=O)ON1CCCC(C(=O)c2ccccc2)C1. The molecular weight excluding hydrogens is 266 g/mol. The van der Waals surface area contributed by atoms with Gasteiger partial charge in [0.1, 0.15) is 0 Å². The van der Waals surface area contributed by atoms with Crippen LogP contribution in [0.1, 0.15) is 44.0 Å². The number of ketones is 1. The number of hydroxylamine groups is 2. The summed E-state index contributed by atoms with van der Waals surface area (Å²) in [6, 6.07) is 9.31. The van der Waals surface area contributed by atoms with Crippen molar-refractivity contribution in [3.8, 4) is 0 Å². The smallest absolute Gasteiger partial charge is 0.330 e. The maximum Gasteiger partial charge on any atom is 0.330 e. The van der Waals surface area contributed by atoms with Gasteiger partial charge in [0, 0.05) is 24.6 Å². The van der Waals surface area contributed by atoms with Crippen LogP contribution in [0, 0.1) is 11.3 Å². The van der Waals surface area contributed by atoms with Crippen molar-refractivity contribution in [2.24, 2.45) is 11.3 Å². The van der Waals surface area contributed by atoms with Gasteiger partial charge in [-0.1, -0.05) is 30.3 Å². The minimum Gasteiger partial charge on any atom is -0.367 e. The first-order valence-electron chi connectivity index (χ1n) is 7.44. The molecule has 1 aromatic carbocycles. The van der Waals surface area contributed by atoms with Crippen molar-refractivity contribution in [2.75, 3.05) is 13.1 Å². The first-order valence-corrected chi connectivity index (χ1v) is 7.44. The van der Waals surface area contributed by atoms with Crippen LogP contribution in [-0.4, -0.2) is 29.9 Å². The first kappa shape index (κ1) is 15.7. The Balaban J connectivity index is 1.98. The lowest BCUT2D eigenvalue weighted by molar-refractivity contribution is -0.206. The molecule has 0 bridgehead atoms. The van der Waals surface area contributed by atoms with Gasteiger partial charge in [0.05, 0.1) is 5.41 Å².